The van der Waals surface area contributed by atoms with Gasteiger partial charge in [0.2, 0.25) is 11.8 Å². The van der Waals surface area contributed by atoms with E-state index in [1.54, 1.807) is 45.0 Å². The van der Waals surface area contributed by atoms with Crippen LogP contribution in [0.3, 0.4) is 0 Å². The van der Waals surface area contributed by atoms with E-state index in [-0.39, 0.29) is 22.9 Å². The first-order valence-electron chi connectivity index (χ1n) is 7.84. The molecule has 0 fully saturated rings. The lowest BCUT2D eigenvalue weighted by molar-refractivity contribution is 0.00655. The van der Waals surface area contributed by atoms with Crippen molar-refractivity contribution in [3.8, 4) is 17.5 Å². The molecule has 26 heavy (non-hydrogen) atoms. The summed E-state index contributed by atoms with van der Waals surface area (Å²) in [7, 11) is 2.98. The smallest absolute Gasteiger partial charge is 0.343 e. The summed E-state index contributed by atoms with van der Waals surface area (Å²) in [6.07, 6.45) is 0. The van der Waals surface area contributed by atoms with E-state index in [4.69, 9.17) is 30.5 Å². The molecule has 1 aromatic carbocycles. The summed E-state index contributed by atoms with van der Waals surface area (Å²) < 4.78 is 21.3. The number of rotatable bonds is 6. The normalized spacial score (nSPS) is 11.0. The van der Waals surface area contributed by atoms with Gasteiger partial charge in [0, 0.05) is 0 Å². The van der Waals surface area contributed by atoms with Crippen molar-refractivity contribution in [3.63, 3.8) is 0 Å². The van der Waals surface area contributed by atoms with Crippen LogP contribution in [0.25, 0.3) is 0 Å². The highest BCUT2D eigenvalue weighted by atomic mass is 35.5. The number of benzene rings is 1. The topological polar surface area (TPSA) is 79.8 Å². The van der Waals surface area contributed by atoms with Gasteiger partial charge in [-0.25, -0.2) is 4.79 Å². The van der Waals surface area contributed by atoms with E-state index in [2.05, 4.69) is 9.97 Å². The number of nitrogens with zero attached hydrogens (tertiary/aromatic N) is 2. The lowest BCUT2D eigenvalue weighted by Gasteiger charge is -2.21. The molecular formula is C18H21ClN2O5. The van der Waals surface area contributed by atoms with Crippen molar-refractivity contribution < 1.29 is 23.7 Å². The molecule has 0 unspecified atom stereocenters. The van der Waals surface area contributed by atoms with Crippen LogP contribution in [-0.2, 0) is 11.3 Å². The Morgan fingerprint density at radius 2 is 1.73 bits per heavy atom. The summed E-state index contributed by atoms with van der Waals surface area (Å²) in [6.45, 7) is 5.32. The van der Waals surface area contributed by atoms with Gasteiger partial charge in [-0.05, 0) is 32.9 Å². The van der Waals surface area contributed by atoms with E-state index in [0.29, 0.717) is 17.6 Å². The minimum Gasteiger partial charge on any atom is -0.485 e. The van der Waals surface area contributed by atoms with Crippen LogP contribution < -0.4 is 14.2 Å². The molecule has 0 saturated heterocycles. The second-order valence-electron chi connectivity index (χ2n) is 6.27. The Balaban J connectivity index is 2.25. The molecule has 0 aliphatic carbocycles. The van der Waals surface area contributed by atoms with Gasteiger partial charge in [0.1, 0.15) is 23.5 Å². The van der Waals surface area contributed by atoms with Gasteiger partial charge in [0.15, 0.2) is 5.82 Å². The number of hydrogen-bond acceptors (Lipinski definition) is 7. The first-order valence-corrected chi connectivity index (χ1v) is 8.22. The summed E-state index contributed by atoms with van der Waals surface area (Å²) in [5, 5.41) is 0.237. The first kappa shape index (κ1) is 19.8. The largest absolute Gasteiger partial charge is 0.485 e. The number of methoxy groups -OCH3 is 2. The summed E-state index contributed by atoms with van der Waals surface area (Å²) in [6, 6.07) is 6.45. The van der Waals surface area contributed by atoms with E-state index in [1.807, 2.05) is 0 Å². The zero-order chi connectivity index (χ0) is 19.3. The average molecular weight is 381 g/mol. The van der Waals surface area contributed by atoms with Gasteiger partial charge in [-0.3, -0.25) is 0 Å². The highest BCUT2D eigenvalue weighted by Gasteiger charge is 2.24. The first-order chi connectivity index (χ1) is 12.2. The minimum absolute atomic E-state index is 0.0102. The van der Waals surface area contributed by atoms with Gasteiger partial charge in [0.25, 0.3) is 0 Å². The maximum atomic E-state index is 12.5. The van der Waals surface area contributed by atoms with E-state index in [1.165, 1.54) is 14.2 Å². The number of esters is 1. The number of halogens is 1. The van der Waals surface area contributed by atoms with Crippen LogP contribution >= 0.6 is 11.6 Å². The molecule has 0 saturated carbocycles. The molecule has 140 valence electrons. The second-order valence-corrected chi connectivity index (χ2v) is 6.68. The van der Waals surface area contributed by atoms with Crippen molar-refractivity contribution in [2.45, 2.75) is 33.0 Å². The summed E-state index contributed by atoms with van der Waals surface area (Å²) in [4.78, 5) is 20.8. The second kappa shape index (κ2) is 8.23. The van der Waals surface area contributed by atoms with Crippen molar-refractivity contribution in [1.82, 2.24) is 9.97 Å². The molecule has 0 atom stereocenters. The van der Waals surface area contributed by atoms with Crippen LogP contribution in [0.1, 0.15) is 37.0 Å². The summed E-state index contributed by atoms with van der Waals surface area (Å²) in [5.41, 5.74) is -0.504. The Labute approximate surface area is 157 Å². The standard InChI is InChI=1S/C18H21ClN2O5/c1-18(2,3)26-17(22)16-11(19)7-6-8-12(16)25-10-13-20-14(23-4)9-15(21-13)24-5/h6-9H,10H2,1-5H3. The van der Waals surface area contributed by atoms with Crippen LogP contribution in [0.4, 0.5) is 0 Å². The fourth-order valence-electron chi connectivity index (χ4n) is 2.02. The number of aromatic nitrogens is 2. The zero-order valence-electron chi connectivity index (χ0n) is 15.3. The summed E-state index contributed by atoms with van der Waals surface area (Å²) in [5.74, 6) is 0.721. The molecule has 1 aromatic heterocycles. The molecule has 0 N–H and O–H groups in total. The van der Waals surface area contributed by atoms with Crippen LogP contribution in [0, 0.1) is 0 Å². The molecule has 2 rings (SSSR count). The van der Waals surface area contributed by atoms with Gasteiger partial charge in [0.05, 0.1) is 25.3 Å². The van der Waals surface area contributed by atoms with E-state index in [9.17, 15) is 4.79 Å². The maximum Gasteiger partial charge on any atom is 0.343 e. The molecule has 0 aliphatic heterocycles. The molecular weight excluding hydrogens is 360 g/mol. The predicted octanol–water partition coefficient (Wildman–Crippen LogP) is 3.68. The Bertz CT molecular complexity index is 767. The molecule has 0 spiro atoms. The molecule has 0 bridgehead atoms. The quantitative estimate of drug-likeness (QED) is 0.707. The van der Waals surface area contributed by atoms with Crippen molar-refractivity contribution >= 4 is 17.6 Å². The van der Waals surface area contributed by atoms with Crippen LogP contribution in [-0.4, -0.2) is 35.8 Å². The van der Waals surface area contributed by atoms with Crippen molar-refractivity contribution in [2.24, 2.45) is 0 Å². The van der Waals surface area contributed by atoms with Gasteiger partial charge in [-0.15, -0.1) is 0 Å². The molecule has 0 aliphatic rings. The Morgan fingerprint density at radius 3 is 2.27 bits per heavy atom. The molecule has 8 heteroatoms. The van der Waals surface area contributed by atoms with E-state index < -0.39 is 11.6 Å². The highest BCUT2D eigenvalue weighted by Crippen LogP contribution is 2.29. The Morgan fingerprint density at radius 1 is 1.12 bits per heavy atom. The van der Waals surface area contributed by atoms with Gasteiger partial charge in [-0.2, -0.15) is 9.97 Å². The van der Waals surface area contributed by atoms with Crippen LogP contribution in [0.15, 0.2) is 24.3 Å². The fraction of sp³-hybridized carbons (Fsp3) is 0.389. The lowest BCUT2D eigenvalue weighted by Crippen LogP contribution is -2.24. The van der Waals surface area contributed by atoms with Crippen LogP contribution in [0.5, 0.6) is 17.5 Å². The Hall–Kier alpha value is -2.54. The van der Waals surface area contributed by atoms with Crippen LogP contribution in [0.2, 0.25) is 5.02 Å². The SMILES string of the molecule is COc1cc(OC)nc(COc2cccc(Cl)c2C(=O)OC(C)(C)C)n1. The molecule has 7 nitrogen and oxygen atoms in total. The number of hydrogen-bond donors (Lipinski definition) is 0. The van der Waals surface area contributed by atoms with Crippen molar-refractivity contribution in [2.75, 3.05) is 14.2 Å². The third kappa shape index (κ3) is 5.23. The molecule has 0 radical (unpaired) electrons. The summed E-state index contributed by atoms with van der Waals surface area (Å²) >= 11 is 6.18. The minimum atomic E-state index is -0.656. The molecule has 1 heterocycles. The average Bonchev–Trinajstić information content (AvgIpc) is 2.57. The maximum absolute atomic E-state index is 12.5. The third-order valence-electron chi connectivity index (χ3n) is 3.08. The molecule has 0 amide bonds. The fourth-order valence-corrected chi connectivity index (χ4v) is 2.26. The zero-order valence-corrected chi connectivity index (χ0v) is 16.1. The van der Waals surface area contributed by atoms with Gasteiger partial charge in [-0.1, -0.05) is 17.7 Å². The number of ether oxygens (including phenoxy) is 4. The molecule has 2 aromatic rings. The monoisotopic (exact) mass is 380 g/mol. The predicted molar refractivity (Wildman–Crippen MR) is 96.1 cm³/mol. The Kier molecular flexibility index (Phi) is 6.26. The van der Waals surface area contributed by atoms with E-state index in [0.717, 1.165) is 0 Å². The number of carbonyl (C=O) groups is 1. The third-order valence-corrected chi connectivity index (χ3v) is 3.39. The number of carbonyl (C=O) groups excluding carboxylic acids is 1. The van der Waals surface area contributed by atoms with Crippen molar-refractivity contribution in [1.29, 1.82) is 0 Å². The highest BCUT2D eigenvalue weighted by molar-refractivity contribution is 6.34. The van der Waals surface area contributed by atoms with Gasteiger partial charge < -0.3 is 18.9 Å². The van der Waals surface area contributed by atoms with E-state index >= 15 is 0 Å². The lowest BCUT2D eigenvalue weighted by atomic mass is 10.1. The van der Waals surface area contributed by atoms with Gasteiger partial charge >= 0.3 is 5.97 Å². The van der Waals surface area contributed by atoms with Crippen molar-refractivity contribution in [3.05, 3.63) is 40.7 Å².